The molecule has 1 aromatic rings. The number of hydrogen-bond donors (Lipinski definition) is 1. The summed E-state index contributed by atoms with van der Waals surface area (Å²) in [6, 6.07) is 10.5. The topological polar surface area (TPSA) is 37.3 Å². The van der Waals surface area contributed by atoms with Crippen LogP contribution >= 0.6 is 0 Å². The number of rotatable bonds is 5. The lowest BCUT2D eigenvalue weighted by molar-refractivity contribution is -0.113. The van der Waals surface area contributed by atoms with Gasteiger partial charge in [-0.3, -0.25) is 4.79 Å². The van der Waals surface area contributed by atoms with Crippen molar-refractivity contribution in [2.45, 2.75) is 53.4 Å². The van der Waals surface area contributed by atoms with Crippen LogP contribution in [0.2, 0.25) is 0 Å². The van der Waals surface area contributed by atoms with Crippen molar-refractivity contribution < 1.29 is 9.90 Å². The summed E-state index contributed by atoms with van der Waals surface area (Å²) in [7, 11) is 0. The lowest BCUT2D eigenvalue weighted by Crippen LogP contribution is -1.86. The lowest BCUT2D eigenvalue weighted by Gasteiger charge is -1.89. The molecule has 1 aromatic carbocycles. The van der Waals surface area contributed by atoms with E-state index in [-0.39, 0.29) is 5.78 Å². The molecule has 0 heterocycles. The third kappa shape index (κ3) is 16.6. The Labute approximate surface area is 124 Å². The summed E-state index contributed by atoms with van der Waals surface area (Å²) in [5, 5.41) is 8.20. The van der Waals surface area contributed by atoms with E-state index in [2.05, 4.69) is 44.7 Å². The monoisotopic (exact) mass is 278 g/mol. The fourth-order valence-electron chi connectivity index (χ4n) is 1.08. The first-order valence-electron chi connectivity index (χ1n) is 7.30. The van der Waals surface area contributed by atoms with E-state index < -0.39 is 0 Å². The number of benzene rings is 1. The summed E-state index contributed by atoms with van der Waals surface area (Å²) in [6.07, 6.45) is 4.47. The van der Waals surface area contributed by atoms with E-state index in [0.717, 1.165) is 19.3 Å². The van der Waals surface area contributed by atoms with E-state index in [1.165, 1.54) is 18.9 Å². The molecule has 0 aliphatic carbocycles. The molecule has 0 aliphatic rings. The van der Waals surface area contributed by atoms with Crippen molar-refractivity contribution >= 4 is 5.78 Å². The highest BCUT2D eigenvalue weighted by Crippen LogP contribution is 1.96. The molecule has 1 rings (SSSR count). The van der Waals surface area contributed by atoms with Crippen LogP contribution in [0.25, 0.3) is 0 Å². The maximum atomic E-state index is 10.0. The van der Waals surface area contributed by atoms with Crippen LogP contribution in [0, 0.1) is 0 Å². The van der Waals surface area contributed by atoms with Crippen molar-refractivity contribution in [2.75, 3.05) is 6.61 Å². The molecule has 0 spiro atoms. The second kappa shape index (κ2) is 15.6. The first-order valence-corrected chi connectivity index (χ1v) is 7.30. The Morgan fingerprint density at radius 1 is 1.10 bits per heavy atom. The first-order chi connectivity index (χ1) is 9.49. The zero-order chi connectivity index (χ0) is 15.8. The van der Waals surface area contributed by atoms with Gasteiger partial charge in [0.15, 0.2) is 5.78 Å². The van der Waals surface area contributed by atoms with Gasteiger partial charge in [0, 0.05) is 6.61 Å². The minimum absolute atomic E-state index is 0.0648. The molecule has 20 heavy (non-hydrogen) atoms. The molecule has 0 fully saturated rings. The molecule has 0 unspecified atom stereocenters. The Morgan fingerprint density at radius 3 is 1.80 bits per heavy atom. The van der Waals surface area contributed by atoms with Gasteiger partial charge >= 0.3 is 0 Å². The first kappa shape index (κ1) is 20.9. The second-order valence-corrected chi connectivity index (χ2v) is 4.61. The normalized spacial score (nSPS) is 8.65. The zero-order valence-electron chi connectivity index (χ0n) is 13.5. The van der Waals surface area contributed by atoms with Crippen LogP contribution in [0.1, 0.15) is 52.5 Å². The number of Topliss-reactive ketones (excluding diaryl/α,β-unsaturated/α-hetero) is 1. The van der Waals surface area contributed by atoms with Gasteiger partial charge in [0.05, 0.1) is 0 Å². The van der Waals surface area contributed by atoms with Gasteiger partial charge in [-0.15, -0.1) is 0 Å². The number of carbonyl (C=O) groups excluding carboxylic acids is 1. The standard InChI is InChI=1S/C8H10.C5H8O.C5H12O/c1-2-8-6-4-3-5-7-8;1-4(2)5(3)6;1-2-3-4-5-6/h3-7H,2H2,1H3;1H2,2-3H3;6H,2-5H2,1H3. The molecule has 0 aliphatic heterocycles. The lowest BCUT2D eigenvalue weighted by atomic mass is 10.2. The number of hydrogen-bond acceptors (Lipinski definition) is 2. The zero-order valence-corrected chi connectivity index (χ0v) is 13.5. The summed E-state index contributed by atoms with van der Waals surface area (Å²) in [5.74, 6) is 0.0648. The molecule has 0 amide bonds. The predicted molar refractivity (Wildman–Crippen MR) is 87.9 cm³/mol. The average molecular weight is 278 g/mol. The molecule has 2 heteroatoms. The van der Waals surface area contributed by atoms with Gasteiger partial charge in [0.1, 0.15) is 0 Å². The number of aliphatic hydroxyl groups excluding tert-OH is 1. The highest BCUT2D eigenvalue weighted by atomic mass is 16.2. The van der Waals surface area contributed by atoms with Crippen LogP contribution in [0.15, 0.2) is 42.5 Å². The Kier molecular flexibility index (Phi) is 16.3. The van der Waals surface area contributed by atoms with E-state index in [9.17, 15) is 4.79 Å². The number of allylic oxidation sites excluding steroid dienone is 1. The summed E-state index contributed by atoms with van der Waals surface area (Å²) in [4.78, 5) is 10.0. The second-order valence-electron chi connectivity index (χ2n) is 4.61. The van der Waals surface area contributed by atoms with Gasteiger partial charge in [-0.2, -0.15) is 0 Å². The van der Waals surface area contributed by atoms with Gasteiger partial charge in [-0.05, 0) is 37.8 Å². The highest BCUT2D eigenvalue weighted by Gasteiger charge is 1.86. The number of unbranched alkanes of at least 4 members (excludes halogenated alkanes) is 2. The minimum Gasteiger partial charge on any atom is -0.396 e. The van der Waals surface area contributed by atoms with E-state index >= 15 is 0 Å². The Balaban J connectivity index is 0. The van der Waals surface area contributed by atoms with Gasteiger partial charge < -0.3 is 5.11 Å². The fourth-order valence-corrected chi connectivity index (χ4v) is 1.08. The largest absolute Gasteiger partial charge is 0.396 e. The van der Waals surface area contributed by atoms with E-state index in [1.54, 1.807) is 6.92 Å². The highest BCUT2D eigenvalue weighted by molar-refractivity contribution is 5.91. The SMILES string of the molecule is C=C(C)C(C)=O.CCCCCO.CCc1ccccc1. The Hall–Kier alpha value is -1.41. The van der Waals surface area contributed by atoms with Gasteiger partial charge in [-0.25, -0.2) is 0 Å². The van der Waals surface area contributed by atoms with Crippen molar-refractivity contribution in [1.29, 1.82) is 0 Å². The van der Waals surface area contributed by atoms with Gasteiger partial charge in [0.25, 0.3) is 0 Å². The van der Waals surface area contributed by atoms with Gasteiger partial charge in [-0.1, -0.05) is 63.6 Å². The third-order valence-electron chi connectivity index (χ3n) is 2.61. The summed E-state index contributed by atoms with van der Waals surface area (Å²) >= 11 is 0. The predicted octanol–water partition coefficient (Wildman–Crippen LogP) is 4.57. The quantitative estimate of drug-likeness (QED) is 0.633. The molecule has 114 valence electrons. The van der Waals surface area contributed by atoms with E-state index in [0.29, 0.717) is 12.2 Å². The molecule has 1 N–H and O–H groups in total. The Morgan fingerprint density at radius 2 is 1.60 bits per heavy atom. The maximum Gasteiger partial charge on any atom is 0.154 e. The number of aliphatic hydroxyl groups is 1. The Bertz CT molecular complexity index is 326. The van der Waals surface area contributed by atoms with Crippen LogP contribution in [0.4, 0.5) is 0 Å². The van der Waals surface area contributed by atoms with Crippen molar-refractivity contribution in [1.82, 2.24) is 0 Å². The summed E-state index contributed by atoms with van der Waals surface area (Å²) < 4.78 is 0. The van der Waals surface area contributed by atoms with Crippen LogP contribution in [0.5, 0.6) is 0 Å². The summed E-state index contributed by atoms with van der Waals surface area (Å²) in [6.45, 7) is 11.2. The van der Waals surface area contributed by atoms with Crippen molar-refractivity contribution in [3.05, 3.63) is 48.0 Å². The molecule has 0 radical (unpaired) electrons. The summed E-state index contributed by atoms with van der Waals surface area (Å²) in [5.41, 5.74) is 2.03. The molecule has 0 bridgehead atoms. The van der Waals surface area contributed by atoms with Crippen molar-refractivity contribution in [2.24, 2.45) is 0 Å². The molecule has 0 atom stereocenters. The van der Waals surface area contributed by atoms with Crippen molar-refractivity contribution in [3.63, 3.8) is 0 Å². The molecule has 0 saturated carbocycles. The van der Waals surface area contributed by atoms with Gasteiger partial charge in [0.2, 0.25) is 0 Å². The third-order valence-corrected chi connectivity index (χ3v) is 2.61. The molecular formula is C18H30O2. The van der Waals surface area contributed by atoms with E-state index in [4.69, 9.17) is 5.11 Å². The van der Waals surface area contributed by atoms with E-state index in [1.807, 2.05) is 6.07 Å². The smallest absolute Gasteiger partial charge is 0.154 e. The van der Waals surface area contributed by atoms with Crippen LogP contribution in [0.3, 0.4) is 0 Å². The van der Waals surface area contributed by atoms with Crippen LogP contribution in [-0.4, -0.2) is 17.5 Å². The fraction of sp³-hybridized carbons (Fsp3) is 0.500. The molecule has 0 saturated heterocycles. The molecule has 2 nitrogen and oxygen atoms in total. The number of ketones is 1. The number of carbonyl (C=O) groups is 1. The minimum atomic E-state index is 0.0648. The molecule has 0 aromatic heterocycles. The number of aryl methyl sites for hydroxylation is 1. The maximum absolute atomic E-state index is 10.0. The van der Waals surface area contributed by atoms with Crippen LogP contribution in [-0.2, 0) is 11.2 Å². The van der Waals surface area contributed by atoms with Crippen molar-refractivity contribution in [3.8, 4) is 0 Å². The average Bonchev–Trinajstić information content (AvgIpc) is 2.47. The molecular weight excluding hydrogens is 248 g/mol. The van der Waals surface area contributed by atoms with Crippen LogP contribution < -0.4 is 0 Å².